The SMILES string of the molecule is Nc1nc2c(nc(Sc3ccsc3)n2[C@@H]2O[C@H](CO)[C@@H](O)[C@H]2O)c(=O)[nH]1. The van der Waals surface area contributed by atoms with E-state index in [2.05, 4.69) is 15.0 Å². The van der Waals surface area contributed by atoms with Gasteiger partial charge in [0, 0.05) is 10.3 Å². The molecule has 12 heteroatoms. The van der Waals surface area contributed by atoms with E-state index in [0.29, 0.717) is 5.16 Å². The molecule has 1 fully saturated rings. The molecule has 1 aliphatic rings. The van der Waals surface area contributed by atoms with Gasteiger partial charge >= 0.3 is 0 Å². The fourth-order valence-electron chi connectivity index (χ4n) is 2.79. The van der Waals surface area contributed by atoms with E-state index in [0.717, 1.165) is 4.90 Å². The summed E-state index contributed by atoms with van der Waals surface area (Å²) < 4.78 is 7.02. The lowest BCUT2D eigenvalue weighted by molar-refractivity contribution is -0.0548. The summed E-state index contributed by atoms with van der Waals surface area (Å²) in [6.07, 6.45) is -4.68. The third-order valence-electron chi connectivity index (χ3n) is 4.01. The van der Waals surface area contributed by atoms with Crippen molar-refractivity contribution in [1.29, 1.82) is 0 Å². The molecule has 1 aliphatic heterocycles. The van der Waals surface area contributed by atoms with E-state index in [-0.39, 0.29) is 17.1 Å². The number of aliphatic hydroxyl groups excluding tert-OH is 3. The molecule has 3 aromatic rings. The van der Waals surface area contributed by atoms with Crippen LogP contribution in [0.4, 0.5) is 5.95 Å². The highest BCUT2D eigenvalue weighted by atomic mass is 32.2. The van der Waals surface area contributed by atoms with Gasteiger partial charge in [0.05, 0.1) is 6.61 Å². The van der Waals surface area contributed by atoms with Gasteiger partial charge in [-0.15, -0.1) is 0 Å². The first-order chi connectivity index (χ1) is 12.5. The molecular weight excluding hydrogens is 382 g/mol. The van der Waals surface area contributed by atoms with Gasteiger partial charge in [0.1, 0.15) is 18.3 Å². The second kappa shape index (κ2) is 6.64. The highest BCUT2D eigenvalue weighted by Gasteiger charge is 2.45. The van der Waals surface area contributed by atoms with Gasteiger partial charge in [-0.05, 0) is 11.4 Å². The lowest BCUT2D eigenvalue weighted by Gasteiger charge is -2.18. The van der Waals surface area contributed by atoms with Gasteiger partial charge in [-0.1, -0.05) is 11.8 Å². The number of ether oxygens (including phenoxy) is 1. The Morgan fingerprint density at radius 1 is 1.38 bits per heavy atom. The van der Waals surface area contributed by atoms with Crippen molar-refractivity contribution >= 4 is 40.2 Å². The monoisotopic (exact) mass is 397 g/mol. The Morgan fingerprint density at radius 3 is 2.85 bits per heavy atom. The van der Waals surface area contributed by atoms with Gasteiger partial charge in [-0.3, -0.25) is 14.3 Å². The number of fused-ring (bicyclic) bond motifs is 1. The number of nitrogens with two attached hydrogens (primary N) is 1. The number of anilines is 1. The number of rotatable bonds is 4. The van der Waals surface area contributed by atoms with Crippen LogP contribution in [0.15, 0.2) is 31.7 Å². The largest absolute Gasteiger partial charge is 0.394 e. The maximum Gasteiger partial charge on any atom is 0.280 e. The first-order valence-electron chi connectivity index (χ1n) is 7.60. The number of nitrogens with zero attached hydrogens (tertiary/aromatic N) is 3. The minimum absolute atomic E-state index is 0.0367. The second-order valence-electron chi connectivity index (χ2n) is 5.68. The number of aliphatic hydroxyl groups is 3. The molecule has 0 bridgehead atoms. The van der Waals surface area contributed by atoms with Gasteiger partial charge in [-0.25, -0.2) is 4.98 Å². The highest BCUT2D eigenvalue weighted by molar-refractivity contribution is 7.99. The van der Waals surface area contributed by atoms with Crippen molar-refractivity contribution < 1.29 is 20.1 Å². The van der Waals surface area contributed by atoms with Crippen LogP contribution in [0.5, 0.6) is 0 Å². The van der Waals surface area contributed by atoms with Crippen LogP contribution in [0.2, 0.25) is 0 Å². The third-order valence-corrected chi connectivity index (χ3v) is 5.81. The summed E-state index contributed by atoms with van der Waals surface area (Å²) in [6, 6.07) is 1.88. The van der Waals surface area contributed by atoms with Crippen molar-refractivity contribution in [2.45, 2.75) is 34.6 Å². The topological polar surface area (TPSA) is 160 Å². The van der Waals surface area contributed by atoms with Crippen molar-refractivity contribution in [2.24, 2.45) is 0 Å². The normalized spacial score (nSPS) is 26.0. The van der Waals surface area contributed by atoms with Gasteiger partial charge in [-0.2, -0.15) is 16.3 Å². The van der Waals surface area contributed by atoms with Crippen LogP contribution in [-0.4, -0.2) is 59.8 Å². The first-order valence-corrected chi connectivity index (χ1v) is 9.35. The van der Waals surface area contributed by atoms with Crippen LogP contribution < -0.4 is 11.3 Å². The standard InChI is InChI=1S/C14H15N5O5S2/c15-13-17-10-7(11(23)18-13)16-14(26-5-1-2-25-4-5)19(10)12-9(22)8(21)6(3-20)24-12/h1-2,4,6,8-9,12,20-22H,3H2,(H3,15,17,18,23)/t6-,8-,9-,12-/m1/s1. The summed E-state index contributed by atoms with van der Waals surface area (Å²) in [7, 11) is 0. The van der Waals surface area contributed by atoms with Crippen LogP contribution in [0.25, 0.3) is 11.2 Å². The average molecular weight is 397 g/mol. The predicted octanol–water partition coefficient (Wildman–Crippen LogP) is -0.474. The average Bonchev–Trinajstić information content (AvgIpc) is 3.29. The molecular formula is C14H15N5O5S2. The molecule has 0 spiro atoms. The van der Waals surface area contributed by atoms with Crippen molar-refractivity contribution in [3.8, 4) is 0 Å². The summed E-state index contributed by atoms with van der Waals surface area (Å²) in [5, 5.41) is 33.9. The number of nitrogen functional groups attached to an aromatic ring is 1. The van der Waals surface area contributed by atoms with Crippen LogP contribution in [0.1, 0.15) is 6.23 Å². The van der Waals surface area contributed by atoms with E-state index < -0.39 is 36.7 Å². The van der Waals surface area contributed by atoms with Gasteiger partial charge in [0.2, 0.25) is 5.95 Å². The molecule has 26 heavy (non-hydrogen) atoms. The molecule has 0 radical (unpaired) electrons. The Labute approximate surface area is 154 Å². The molecule has 0 aliphatic carbocycles. The Balaban J connectivity index is 1.89. The Hall–Kier alpha value is -1.96. The van der Waals surface area contributed by atoms with Crippen molar-refractivity contribution in [3.63, 3.8) is 0 Å². The number of hydrogen-bond acceptors (Lipinski definition) is 10. The fraction of sp³-hybridized carbons (Fsp3) is 0.357. The molecule has 0 amide bonds. The number of aromatic amines is 1. The summed E-state index contributed by atoms with van der Waals surface area (Å²) in [4.78, 5) is 23.9. The molecule has 10 nitrogen and oxygen atoms in total. The summed E-state index contributed by atoms with van der Waals surface area (Å²) in [5.74, 6) is -0.109. The van der Waals surface area contributed by atoms with Gasteiger partial charge < -0.3 is 25.8 Å². The maximum atomic E-state index is 12.2. The Kier molecular flexibility index (Phi) is 4.46. The number of imidazole rings is 1. The smallest absolute Gasteiger partial charge is 0.280 e. The zero-order valence-electron chi connectivity index (χ0n) is 13.1. The molecule has 4 atom stereocenters. The minimum atomic E-state index is -1.34. The summed E-state index contributed by atoms with van der Waals surface area (Å²) in [5.41, 5.74) is 5.29. The minimum Gasteiger partial charge on any atom is -0.394 e. The molecule has 0 unspecified atom stereocenters. The van der Waals surface area contributed by atoms with Crippen LogP contribution in [0, 0.1) is 0 Å². The number of H-pyrrole nitrogens is 1. The number of hydrogen-bond donors (Lipinski definition) is 5. The van der Waals surface area contributed by atoms with E-state index in [9.17, 15) is 20.1 Å². The van der Waals surface area contributed by atoms with Crippen molar-refractivity contribution in [3.05, 3.63) is 27.2 Å². The van der Waals surface area contributed by atoms with E-state index in [1.54, 1.807) is 0 Å². The van der Waals surface area contributed by atoms with Crippen molar-refractivity contribution in [2.75, 3.05) is 12.3 Å². The van der Waals surface area contributed by atoms with E-state index in [4.69, 9.17) is 10.5 Å². The number of thiophene rings is 1. The van der Waals surface area contributed by atoms with Gasteiger partial charge in [0.15, 0.2) is 22.5 Å². The zero-order chi connectivity index (χ0) is 18.4. The second-order valence-corrected chi connectivity index (χ2v) is 7.50. The zero-order valence-corrected chi connectivity index (χ0v) is 14.8. The Morgan fingerprint density at radius 2 is 2.19 bits per heavy atom. The van der Waals surface area contributed by atoms with Crippen LogP contribution in [0.3, 0.4) is 0 Å². The number of nitrogens with one attached hydrogen (secondary N) is 1. The van der Waals surface area contributed by atoms with E-state index >= 15 is 0 Å². The molecule has 138 valence electrons. The highest BCUT2D eigenvalue weighted by Crippen LogP contribution is 2.37. The third kappa shape index (κ3) is 2.80. The lowest BCUT2D eigenvalue weighted by Crippen LogP contribution is -2.33. The van der Waals surface area contributed by atoms with E-state index in [1.165, 1.54) is 27.7 Å². The Bertz CT molecular complexity index is 988. The first kappa shape index (κ1) is 17.5. The summed E-state index contributed by atoms with van der Waals surface area (Å²) >= 11 is 2.75. The molecule has 3 aromatic heterocycles. The molecule has 4 heterocycles. The maximum absolute atomic E-state index is 12.2. The summed E-state index contributed by atoms with van der Waals surface area (Å²) in [6.45, 7) is -0.468. The quantitative estimate of drug-likeness (QED) is 0.392. The van der Waals surface area contributed by atoms with E-state index in [1.807, 2.05) is 16.8 Å². The molecule has 0 aromatic carbocycles. The number of aromatic nitrogens is 4. The molecule has 6 N–H and O–H groups in total. The predicted molar refractivity (Wildman–Crippen MR) is 94.0 cm³/mol. The van der Waals surface area contributed by atoms with Gasteiger partial charge in [0.25, 0.3) is 5.56 Å². The fourth-order valence-corrected chi connectivity index (χ4v) is 4.53. The molecule has 1 saturated heterocycles. The lowest BCUT2D eigenvalue weighted by atomic mass is 10.1. The molecule has 0 saturated carbocycles. The van der Waals surface area contributed by atoms with Crippen LogP contribution >= 0.6 is 23.1 Å². The van der Waals surface area contributed by atoms with Crippen LogP contribution in [-0.2, 0) is 4.74 Å². The van der Waals surface area contributed by atoms with Crippen molar-refractivity contribution in [1.82, 2.24) is 19.5 Å². The molecule has 4 rings (SSSR count).